The Kier molecular flexibility index (Phi) is 3.29. The second kappa shape index (κ2) is 4.63. The summed E-state index contributed by atoms with van der Waals surface area (Å²) in [6.45, 7) is -0.319. The number of carbonyl (C=O) groups excluding carboxylic acids is 1. The number of hydrogen-bond donors (Lipinski definition) is 0. The molecule has 0 heterocycles. The molecule has 4 aliphatic rings. The summed E-state index contributed by atoms with van der Waals surface area (Å²) >= 11 is 0. The van der Waals surface area contributed by atoms with Gasteiger partial charge in [0.05, 0.1) is 5.41 Å². The lowest BCUT2D eigenvalue weighted by atomic mass is 9.49. The fourth-order valence-electron chi connectivity index (χ4n) is 4.81. The Morgan fingerprint density at radius 3 is 2.05 bits per heavy atom. The summed E-state index contributed by atoms with van der Waals surface area (Å²) in [5.41, 5.74) is -0.502. The van der Waals surface area contributed by atoms with Gasteiger partial charge >= 0.3 is 5.97 Å². The minimum atomic E-state index is -3.46. The maximum Gasteiger partial charge on any atom is 0.312 e. The number of esters is 1. The van der Waals surface area contributed by atoms with E-state index in [1.165, 1.54) is 19.3 Å². The largest absolute Gasteiger partial charge is 0.462 e. The van der Waals surface area contributed by atoms with Crippen LogP contribution in [0.3, 0.4) is 0 Å². The lowest BCUT2D eigenvalue weighted by Crippen LogP contribution is -2.51. The molecular formula is C15H21F3O2. The van der Waals surface area contributed by atoms with Crippen molar-refractivity contribution in [3.8, 4) is 0 Å². The Hall–Kier alpha value is -0.740. The Balaban J connectivity index is 1.63. The van der Waals surface area contributed by atoms with Crippen molar-refractivity contribution >= 4 is 5.97 Å². The Morgan fingerprint density at radius 1 is 1.20 bits per heavy atom. The van der Waals surface area contributed by atoms with E-state index in [0.29, 0.717) is 24.7 Å². The van der Waals surface area contributed by atoms with Gasteiger partial charge in [0.15, 0.2) is 6.17 Å². The molecule has 4 bridgehead atoms. The van der Waals surface area contributed by atoms with Gasteiger partial charge in [0, 0.05) is 6.92 Å². The fraction of sp³-hybridized carbons (Fsp3) is 0.933. The van der Waals surface area contributed by atoms with Crippen LogP contribution in [0.1, 0.15) is 45.4 Å². The van der Waals surface area contributed by atoms with Crippen LogP contribution in [0, 0.1) is 23.2 Å². The van der Waals surface area contributed by atoms with Crippen LogP contribution < -0.4 is 0 Å². The van der Waals surface area contributed by atoms with Crippen LogP contribution in [0.2, 0.25) is 0 Å². The van der Waals surface area contributed by atoms with Gasteiger partial charge in [-0.2, -0.15) is 0 Å². The number of carbonyl (C=O) groups is 1. The van der Waals surface area contributed by atoms with E-state index in [9.17, 15) is 18.0 Å². The number of alkyl halides is 3. The summed E-state index contributed by atoms with van der Waals surface area (Å²) in [5, 5.41) is 0. The second-order valence-electron chi connectivity index (χ2n) is 7.22. The van der Waals surface area contributed by atoms with Gasteiger partial charge in [-0.15, -0.1) is 0 Å². The third kappa shape index (κ3) is 2.44. The topological polar surface area (TPSA) is 26.3 Å². The second-order valence-corrected chi connectivity index (χ2v) is 7.22. The van der Waals surface area contributed by atoms with E-state index < -0.39 is 30.1 Å². The van der Waals surface area contributed by atoms with Crippen LogP contribution in [0.5, 0.6) is 0 Å². The molecule has 4 rings (SSSR count). The molecule has 1 atom stereocenters. The minimum Gasteiger partial charge on any atom is -0.462 e. The quantitative estimate of drug-likeness (QED) is 0.737. The normalized spacial score (nSPS) is 40.7. The number of ether oxygens (including phenoxy) is 1. The van der Waals surface area contributed by atoms with Gasteiger partial charge in [-0.1, -0.05) is 0 Å². The van der Waals surface area contributed by atoms with Gasteiger partial charge in [0.1, 0.15) is 6.61 Å². The van der Waals surface area contributed by atoms with E-state index in [1.807, 2.05) is 0 Å². The first kappa shape index (κ1) is 14.2. The Labute approximate surface area is 117 Å². The zero-order valence-corrected chi connectivity index (χ0v) is 11.7. The number of hydrogen-bond acceptors (Lipinski definition) is 2. The van der Waals surface area contributed by atoms with Crippen LogP contribution in [-0.2, 0) is 9.53 Å². The van der Waals surface area contributed by atoms with Crippen molar-refractivity contribution in [2.45, 2.75) is 57.5 Å². The molecule has 0 radical (unpaired) electrons. The maximum absolute atomic E-state index is 13.2. The van der Waals surface area contributed by atoms with E-state index in [-0.39, 0.29) is 0 Å². The number of halogens is 3. The highest BCUT2D eigenvalue weighted by molar-refractivity contribution is 5.77. The monoisotopic (exact) mass is 290 g/mol. The van der Waals surface area contributed by atoms with Crippen LogP contribution in [0.15, 0.2) is 0 Å². The fourth-order valence-corrected chi connectivity index (χ4v) is 4.81. The van der Waals surface area contributed by atoms with Crippen LogP contribution >= 0.6 is 0 Å². The van der Waals surface area contributed by atoms with Gasteiger partial charge < -0.3 is 4.74 Å². The van der Waals surface area contributed by atoms with Crippen molar-refractivity contribution in [3.63, 3.8) is 0 Å². The highest BCUT2D eigenvalue weighted by Crippen LogP contribution is 2.60. The predicted octanol–water partition coefficient (Wildman–Crippen LogP) is 3.74. The van der Waals surface area contributed by atoms with Crippen molar-refractivity contribution in [2.75, 3.05) is 6.61 Å². The molecule has 0 aromatic carbocycles. The molecule has 0 spiro atoms. The van der Waals surface area contributed by atoms with Crippen LogP contribution in [-0.4, -0.2) is 24.7 Å². The third-order valence-corrected chi connectivity index (χ3v) is 5.38. The smallest absolute Gasteiger partial charge is 0.312 e. The minimum absolute atomic E-state index is 0.441. The van der Waals surface area contributed by atoms with Crippen molar-refractivity contribution in [1.29, 1.82) is 0 Å². The summed E-state index contributed by atoms with van der Waals surface area (Å²) in [4.78, 5) is 12.3. The summed E-state index contributed by atoms with van der Waals surface area (Å²) < 4.78 is 43.7. The van der Waals surface area contributed by atoms with Crippen LogP contribution in [0.25, 0.3) is 0 Å². The van der Waals surface area contributed by atoms with Gasteiger partial charge in [-0.05, 0) is 56.3 Å². The van der Waals surface area contributed by atoms with Crippen molar-refractivity contribution in [1.82, 2.24) is 0 Å². The molecule has 0 saturated heterocycles. The Morgan fingerprint density at radius 2 is 1.65 bits per heavy atom. The van der Waals surface area contributed by atoms with E-state index in [0.717, 1.165) is 19.3 Å². The first-order chi connectivity index (χ1) is 9.28. The lowest BCUT2D eigenvalue weighted by Gasteiger charge is -2.55. The molecule has 5 heteroatoms. The van der Waals surface area contributed by atoms with Crippen molar-refractivity contribution < 1.29 is 22.7 Å². The number of rotatable bonds is 4. The molecular weight excluding hydrogens is 269 g/mol. The van der Waals surface area contributed by atoms with Crippen LogP contribution in [0.4, 0.5) is 13.2 Å². The van der Waals surface area contributed by atoms with E-state index in [4.69, 9.17) is 4.74 Å². The predicted molar refractivity (Wildman–Crippen MR) is 67.1 cm³/mol. The highest BCUT2D eigenvalue weighted by Gasteiger charge is 2.55. The standard InChI is InChI=1S/C15H21F3O2/c1-14(17,18)12(16)8-20-13(19)15-5-9-2-10(6-15)4-11(3-9)7-15/h9-12H,2-8H2,1H3. The first-order valence-corrected chi connectivity index (χ1v) is 7.47. The highest BCUT2D eigenvalue weighted by atomic mass is 19.3. The third-order valence-electron chi connectivity index (χ3n) is 5.38. The van der Waals surface area contributed by atoms with Crippen molar-refractivity contribution in [2.24, 2.45) is 23.2 Å². The van der Waals surface area contributed by atoms with Gasteiger partial charge in [-0.25, -0.2) is 13.2 Å². The molecule has 0 N–H and O–H groups in total. The molecule has 1 unspecified atom stereocenters. The zero-order valence-electron chi connectivity index (χ0n) is 11.7. The molecule has 0 aromatic rings. The summed E-state index contributed by atoms with van der Waals surface area (Å²) in [6, 6.07) is 0. The average molecular weight is 290 g/mol. The van der Waals surface area contributed by atoms with E-state index in [1.54, 1.807) is 0 Å². The lowest BCUT2D eigenvalue weighted by molar-refractivity contribution is -0.177. The SMILES string of the molecule is CC(F)(F)C(F)COC(=O)C12CC3CC(CC(C3)C1)C2. The Bertz CT molecular complexity index is 367. The van der Waals surface area contributed by atoms with E-state index in [2.05, 4.69) is 0 Å². The molecule has 4 fully saturated rings. The summed E-state index contributed by atoms with van der Waals surface area (Å²) in [6.07, 6.45) is 3.55. The molecule has 0 amide bonds. The van der Waals surface area contributed by atoms with Gasteiger partial charge in [-0.3, -0.25) is 4.79 Å². The molecule has 4 saturated carbocycles. The molecule has 0 aromatic heterocycles. The maximum atomic E-state index is 13.2. The van der Waals surface area contributed by atoms with Gasteiger partial charge in [0.2, 0.25) is 0 Å². The average Bonchev–Trinajstić information content (AvgIpc) is 2.32. The summed E-state index contributed by atoms with van der Waals surface area (Å²) in [5.74, 6) is -2.18. The molecule has 2 nitrogen and oxygen atoms in total. The van der Waals surface area contributed by atoms with E-state index >= 15 is 0 Å². The molecule has 114 valence electrons. The molecule has 0 aliphatic heterocycles. The molecule has 20 heavy (non-hydrogen) atoms. The summed E-state index contributed by atoms with van der Waals surface area (Å²) in [7, 11) is 0. The first-order valence-electron chi connectivity index (χ1n) is 7.47. The zero-order chi connectivity index (χ0) is 14.5. The van der Waals surface area contributed by atoms with Crippen molar-refractivity contribution in [3.05, 3.63) is 0 Å². The van der Waals surface area contributed by atoms with Gasteiger partial charge in [0.25, 0.3) is 5.92 Å². The molecule has 4 aliphatic carbocycles.